The molecule has 1 unspecified atom stereocenters. The number of nitrogens with zero attached hydrogens (tertiary/aromatic N) is 1. The van der Waals surface area contributed by atoms with Crippen molar-refractivity contribution in [1.82, 2.24) is 10.2 Å². The van der Waals surface area contributed by atoms with Gasteiger partial charge in [-0.05, 0) is 54.7 Å². The summed E-state index contributed by atoms with van der Waals surface area (Å²) in [5.41, 5.74) is 1.64. The van der Waals surface area contributed by atoms with Gasteiger partial charge in [-0.25, -0.2) is 4.39 Å². The first-order valence-electron chi connectivity index (χ1n) is 11.5. The summed E-state index contributed by atoms with van der Waals surface area (Å²) in [5.74, 6) is 0.146. The standard InChI is InChI=1S/C26H33FN2O3/c1-3-24(26(31)28-22-7-5-4-6-8-22)29(18-20-11-15-23(32-2)16-12-20)25(30)17-19-9-13-21(27)14-10-19/h9-16,22,24H,3-8,17-18H2,1-2H3,(H,28,31). The topological polar surface area (TPSA) is 58.6 Å². The molecule has 5 nitrogen and oxygen atoms in total. The van der Waals surface area contributed by atoms with Gasteiger partial charge in [0.1, 0.15) is 17.6 Å². The molecule has 0 radical (unpaired) electrons. The minimum Gasteiger partial charge on any atom is -0.497 e. The summed E-state index contributed by atoms with van der Waals surface area (Å²) in [4.78, 5) is 28.2. The Balaban J connectivity index is 1.79. The molecule has 0 aliphatic heterocycles. The molecule has 6 heteroatoms. The van der Waals surface area contributed by atoms with Crippen LogP contribution in [0.25, 0.3) is 0 Å². The molecule has 1 saturated carbocycles. The van der Waals surface area contributed by atoms with E-state index in [1.165, 1.54) is 18.6 Å². The monoisotopic (exact) mass is 440 g/mol. The normalized spacial score (nSPS) is 15.1. The summed E-state index contributed by atoms with van der Waals surface area (Å²) in [6.07, 6.45) is 6.08. The van der Waals surface area contributed by atoms with E-state index in [-0.39, 0.29) is 30.1 Å². The number of carbonyl (C=O) groups is 2. The number of benzene rings is 2. The molecule has 0 heterocycles. The molecule has 0 saturated heterocycles. The number of ether oxygens (including phenoxy) is 1. The van der Waals surface area contributed by atoms with Gasteiger partial charge in [-0.3, -0.25) is 9.59 Å². The second-order valence-electron chi connectivity index (χ2n) is 8.44. The molecule has 0 bridgehead atoms. The number of nitrogens with one attached hydrogen (secondary N) is 1. The molecule has 2 aromatic carbocycles. The van der Waals surface area contributed by atoms with Crippen molar-refractivity contribution in [1.29, 1.82) is 0 Å². The average molecular weight is 441 g/mol. The zero-order valence-corrected chi connectivity index (χ0v) is 19.0. The molecule has 1 aliphatic carbocycles. The van der Waals surface area contributed by atoms with Crippen molar-refractivity contribution < 1.29 is 18.7 Å². The number of methoxy groups -OCH3 is 1. The van der Waals surface area contributed by atoms with Gasteiger partial charge in [0.15, 0.2) is 0 Å². The lowest BCUT2D eigenvalue weighted by Crippen LogP contribution is -2.51. The molecule has 2 amide bonds. The van der Waals surface area contributed by atoms with Gasteiger partial charge in [-0.15, -0.1) is 0 Å². The highest BCUT2D eigenvalue weighted by Crippen LogP contribution is 2.20. The molecule has 2 aromatic rings. The van der Waals surface area contributed by atoms with E-state index in [4.69, 9.17) is 4.74 Å². The van der Waals surface area contributed by atoms with Gasteiger partial charge in [0, 0.05) is 12.6 Å². The Bertz CT molecular complexity index is 877. The molecule has 1 atom stereocenters. The molecule has 1 N–H and O–H groups in total. The fourth-order valence-corrected chi connectivity index (χ4v) is 4.27. The number of hydrogen-bond acceptors (Lipinski definition) is 3. The predicted molar refractivity (Wildman–Crippen MR) is 123 cm³/mol. The van der Waals surface area contributed by atoms with Crippen LogP contribution in [0.3, 0.4) is 0 Å². The van der Waals surface area contributed by atoms with E-state index in [1.807, 2.05) is 31.2 Å². The van der Waals surface area contributed by atoms with Crippen LogP contribution in [-0.4, -0.2) is 35.9 Å². The number of halogens is 1. The smallest absolute Gasteiger partial charge is 0.243 e. The van der Waals surface area contributed by atoms with E-state index >= 15 is 0 Å². The lowest BCUT2D eigenvalue weighted by molar-refractivity contribution is -0.141. The highest BCUT2D eigenvalue weighted by atomic mass is 19.1. The van der Waals surface area contributed by atoms with Crippen LogP contribution in [0.5, 0.6) is 5.75 Å². The quantitative estimate of drug-likeness (QED) is 0.618. The molecule has 172 valence electrons. The Labute approximate surface area is 190 Å². The van der Waals surface area contributed by atoms with Gasteiger partial charge in [-0.2, -0.15) is 0 Å². The number of carbonyl (C=O) groups excluding carboxylic acids is 2. The number of amides is 2. The molecule has 3 rings (SSSR count). The maximum Gasteiger partial charge on any atom is 0.243 e. The van der Waals surface area contributed by atoms with E-state index in [1.54, 1.807) is 24.1 Å². The Morgan fingerprint density at radius 1 is 1.03 bits per heavy atom. The lowest BCUT2D eigenvalue weighted by Gasteiger charge is -2.33. The Kier molecular flexibility index (Phi) is 8.65. The SMILES string of the molecule is CCC(C(=O)NC1CCCCC1)N(Cc1ccc(OC)cc1)C(=O)Cc1ccc(F)cc1. The van der Waals surface area contributed by atoms with Gasteiger partial charge >= 0.3 is 0 Å². The first kappa shape index (κ1) is 23.8. The van der Waals surface area contributed by atoms with Crippen molar-refractivity contribution in [2.24, 2.45) is 0 Å². The lowest BCUT2D eigenvalue weighted by atomic mass is 9.95. The average Bonchev–Trinajstić information content (AvgIpc) is 2.81. The van der Waals surface area contributed by atoms with Crippen LogP contribution < -0.4 is 10.1 Å². The summed E-state index contributed by atoms with van der Waals surface area (Å²) in [6, 6.07) is 13.1. The zero-order chi connectivity index (χ0) is 22.9. The predicted octanol–water partition coefficient (Wildman–Crippen LogP) is 4.63. The first-order chi connectivity index (χ1) is 15.5. The maximum atomic E-state index is 13.3. The van der Waals surface area contributed by atoms with Crippen molar-refractivity contribution in [3.05, 3.63) is 65.5 Å². The van der Waals surface area contributed by atoms with Crippen LogP contribution in [0.15, 0.2) is 48.5 Å². The molecule has 1 aliphatic rings. The van der Waals surface area contributed by atoms with Crippen LogP contribution in [0.2, 0.25) is 0 Å². The Morgan fingerprint density at radius 3 is 2.25 bits per heavy atom. The van der Waals surface area contributed by atoms with E-state index in [2.05, 4.69) is 5.32 Å². The van der Waals surface area contributed by atoms with Gasteiger partial charge in [-0.1, -0.05) is 50.5 Å². The fourth-order valence-electron chi connectivity index (χ4n) is 4.27. The van der Waals surface area contributed by atoms with Crippen LogP contribution >= 0.6 is 0 Å². The third-order valence-electron chi connectivity index (χ3n) is 6.12. The summed E-state index contributed by atoms with van der Waals surface area (Å²) in [5, 5.41) is 3.18. The van der Waals surface area contributed by atoms with Gasteiger partial charge in [0.2, 0.25) is 11.8 Å². The zero-order valence-electron chi connectivity index (χ0n) is 19.0. The first-order valence-corrected chi connectivity index (χ1v) is 11.5. The number of hydrogen-bond donors (Lipinski definition) is 1. The van der Waals surface area contributed by atoms with E-state index < -0.39 is 6.04 Å². The maximum absolute atomic E-state index is 13.3. The second kappa shape index (κ2) is 11.7. The third-order valence-corrected chi connectivity index (χ3v) is 6.12. The van der Waals surface area contributed by atoms with Crippen LogP contribution in [-0.2, 0) is 22.6 Å². The Morgan fingerprint density at radius 2 is 1.66 bits per heavy atom. The molecule has 0 spiro atoms. The van der Waals surface area contributed by atoms with Crippen molar-refractivity contribution >= 4 is 11.8 Å². The minimum absolute atomic E-state index is 0.0969. The Hall–Kier alpha value is -2.89. The van der Waals surface area contributed by atoms with Gasteiger partial charge in [0.25, 0.3) is 0 Å². The second-order valence-corrected chi connectivity index (χ2v) is 8.44. The van der Waals surface area contributed by atoms with Crippen LogP contribution in [0.4, 0.5) is 4.39 Å². The molecule has 1 fully saturated rings. The van der Waals surface area contributed by atoms with Gasteiger partial charge in [0.05, 0.1) is 13.5 Å². The minimum atomic E-state index is -0.563. The fraction of sp³-hybridized carbons (Fsp3) is 0.462. The molecule has 0 aromatic heterocycles. The van der Waals surface area contributed by atoms with Gasteiger partial charge < -0.3 is 15.0 Å². The van der Waals surface area contributed by atoms with Crippen LogP contribution in [0.1, 0.15) is 56.6 Å². The van der Waals surface area contributed by atoms with Crippen molar-refractivity contribution in [3.63, 3.8) is 0 Å². The molecule has 32 heavy (non-hydrogen) atoms. The largest absolute Gasteiger partial charge is 0.497 e. The van der Waals surface area contributed by atoms with Crippen molar-refractivity contribution in [2.45, 2.75) is 70.5 Å². The number of rotatable bonds is 9. The third kappa shape index (κ3) is 6.55. The van der Waals surface area contributed by atoms with E-state index in [9.17, 15) is 14.0 Å². The van der Waals surface area contributed by atoms with Crippen molar-refractivity contribution in [2.75, 3.05) is 7.11 Å². The van der Waals surface area contributed by atoms with E-state index in [0.717, 1.165) is 42.6 Å². The van der Waals surface area contributed by atoms with Crippen LogP contribution in [0, 0.1) is 5.82 Å². The highest BCUT2D eigenvalue weighted by Gasteiger charge is 2.30. The highest BCUT2D eigenvalue weighted by molar-refractivity contribution is 5.88. The molecular formula is C26H33FN2O3. The summed E-state index contributed by atoms with van der Waals surface area (Å²) >= 11 is 0. The van der Waals surface area contributed by atoms with Crippen molar-refractivity contribution in [3.8, 4) is 5.75 Å². The van der Waals surface area contributed by atoms with E-state index in [0.29, 0.717) is 13.0 Å². The summed E-state index contributed by atoms with van der Waals surface area (Å²) < 4.78 is 18.5. The molecular weight excluding hydrogens is 407 g/mol. The summed E-state index contributed by atoms with van der Waals surface area (Å²) in [6.45, 7) is 2.25. The summed E-state index contributed by atoms with van der Waals surface area (Å²) in [7, 11) is 1.61.